The first kappa shape index (κ1) is 17.3. The lowest BCUT2D eigenvalue weighted by Gasteiger charge is -2.06. The number of methoxy groups -OCH3 is 3. The Bertz CT molecular complexity index is 743. The fourth-order valence-corrected chi connectivity index (χ4v) is 2.11. The van der Waals surface area contributed by atoms with Gasteiger partial charge in [0.05, 0.1) is 21.3 Å². The van der Waals surface area contributed by atoms with Crippen LogP contribution in [0.3, 0.4) is 0 Å². The second kappa shape index (κ2) is 8.58. The van der Waals surface area contributed by atoms with Crippen LogP contribution in [0.25, 0.3) is 6.08 Å². The van der Waals surface area contributed by atoms with Crippen molar-refractivity contribution >= 4 is 11.9 Å². The molecule has 24 heavy (non-hydrogen) atoms. The maximum atomic E-state index is 12.1. The van der Waals surface area contributed by atoms with Crippen LogP contribution in [0.5, 0.6) is 17.2 Å². The van der Waals surface area contributed by atoms with Gasteiger partial charge in [0.2, 0.25) is 0 Å². The Morgan fingerprint density at radius 2 is 1.50 bits per heavy atom. The van der Waals surface area contributed by atoms with E-state index in [1.54, 1.807) is 57.7 Å². The third kappa shape index (κ3) is 4.49. The van der Waals surface area contributed by atoms with Gasteiger partial charge in [-0.3, -0.25) is 4.79 Å². The summed E-state index contributed by atoms with van der Waals surface area (Å²) in [5, 5.41) is 0. The highest BCUT2D eigenvalue weighted by Crippen LogP contribution is 2.25. The molecule has 0 fully saturated rings. The summed E-state index contributed by atoms with van der Waals surface area (Å²) in [6.45, 7) is 0. The van der Waals surface area contributed by atoms with E-state index in [1.807, 2.05) is 24.3 Å². The molecule has 0 amide bonds. The van der Waals surface area contributed by atoms with Gasteiger partial charge in [0.15, 0.2) is 5.78 Å². The van der Waals surface area contributed by atoms with Gasteiger partial charge in [0.1, 0.15) is 17.2 Å². The van der Waals surface area contributed by atoms with Crippen LogP contribution in [0.4, 0.5) is 0 Å². The van der Waals surface area contributed by atoms with Crippen molar-refractivity contribution in [1.29, 1.82) is 0 Å². The first-order valence-corrected chi connectivity index (χ1v) is 7.43. The number of rotatable bonds is 7. The van der Waals surface area contributed by atoms with E-state index in [-0.39, 0.29) is 5.78 Å². The molecule has 0 spiro atoms. The average Bonchev–Trinajstić information content (AvgIpc) is 2.65. The molecule has 2 aromatic rings. The van der Waals surface area contributed by atoms with Gasteiger partial charge in [0.25, 0.3) is 0 Å². The molecule has 4 heteroatoms. The van der Waals surface area contributed by atoms with Crippen LogP contribution in [-0.2, 0) is 0 Å². The summed E-state index contributed by atoms with van der Waals surface area (Å²) in [4.78, 5) is 12.1. The van der Waals surface area contributed by atoms with Crippen molar-refractivity contribution < 1.29 is 19.0 Å². The minimum Gasteiger partial charge on any atom is -0.497 e. The zero-order chi connectivity index (χ0) is 17.4. The lowest BCUT2D eigenvalue weighted by Crippen LogP contribution is -1.93. The normalized spacial score (nSPS) is 11.0. The maximum absolute atomic E-state index is 12.1. The fourth-order valence-electron chi connectivity index (χ4n) is 2.11. The molecule has 2 aromatic carbocycles. The predicted molar refractivity (Wildman–Crippen MR) is 95.0 cm³/mol. The largest absolute Gasteiger partial charge is 0.497 e. The van der Waals surface area contributed by atoms with Gasteiger partial charge >= 0.3 is 0 Å². The van der Waals surface area contributed by atoms with E-state index in [0.29, 0.717) is 11.3 Å². The van der Waals surface area contributed by atoms with Gasteiger partial charge in [-0.1, -0.05) is 18.2 Å². The molecule has 4 nitrogen and oxygen atoms in total. The Balaban J connectivity index is 2.04. The molecule has 0 radical (unpaired) electrons. The zero-order valence-corrected chi connectivity index (χ0v) is 14.0. The van der Waals surface area contributed by atoms with Crippen LogP contribution in [0.15, 0.2) is 60.7 Å². The van der Waals surface area contributed by atoms with E-state index < -0.39 is 0 Å². The molecule has 0 atom stereocenters. The monoisotopic (exact) mass is 324 g/mol. The van der Waals surface area contributed by atoms with Crippen molar-refractivity contribution in [2.75, 3.05) is 21.3 Å². The van der Waals surface area contributed by atoms with Crippen LogP contribution in [-0.4, -0.2) is 27.1 Å². The van der Waals surface area contributed by atoms with Crippen molar-refractivity contribution in [3.8, 4) is 17.2 Å². The smallest absolute Gasteiger partial charge is 0.185 e. The fraction of sp³-hybridized carbons (Fsp3) is 0.150. The molecule has 0 aliphatic carbocycles. The third-order valence-corrected chi connectivity index (χ3v) is 3.45. The molecular formula is C20H20O4. The number of allylic oxidation sites excluding steroid dienone is 3. The molecule has 0 aromatic heterocycles. The Hall–Kier alpha value is -3.01. The molecule has 2 rings (SSSR count). The van der Waals surface area contributed by atoms with E-state index >= 15 is 0 Å². The first-order chi connectivity index (χ1) is 11.7. The number of carbonyl (C=O) groups excluding carboxylic acids is 1. The van der Waals surface area contributed by atoms with Crippen LogP contribution in [0.2, 0.25) is 0 Å². The summed E-state index contributed by atoms with van der Waals surface area (Å²) in [6, 6.07) is 12.6. The van der Waals surface area contributed by atoms with E-state index in [2.05, 4.69) is 0 Å². The Kier molecular flexibility index (Phi) is 6.20. The minimum absolute atomic E-state index is 0.0657. The average molecular weight is 324 g/mol. The highest BCUT2D eigenvalue weighted by Gasteiger charge is 2.02. The van der Waals surface area contributed by atoms with Gasteiger partial charge in [-0.25, -0.2) is 0 Å². The van der Waals surface area contributed by atoms with Crippen molar-refractivity contribution in [2.24, 2.45) is 0 Å². The van der Waals surface area contributed by atoms with Crippen molar-refractivity contribution in [2.45, 2.75) is 0 Å². The highest BCUT2D eigenvalue weighted by molar-refractivity contribution is 6.04. The van der Waals surface area contributed by atoms with Crippen LogP contribution < -0.4 is 14.2 Å². The van der Waals surface area contributed by atoms with Gasteiger partial charge in [0, 0.05) is 17.2 Å². The molecule has 0 saturated heterocycles. The zero-order valence-electron chi connectivity index (χ0n) is 14.0. The summed E-state index contributed by atoms with van der Waals surface area (Å²) < 4.78 is 15.6. The van der Waals surface area contributed by atoms with E-state index in [4.69, 9.17) is 14.2 Å². The molecular weight excluding hydrogens is 304 g/mol. The maximum Gasteiger partial charge on any atom is 0.185 e. The van der Waals surface area contributed by atoms with Crippen molar-refractivity contribution in [1.82, 2.24) is 0 Å². The Morgan fingerprint density at radius 1 is 0.833 bits per heavy atom. The topological polar surface area (TPSA) is 44.8 Å². The Morgan fingerprint density at radius 3 is 2.12 bits per heavy atom. The number of benzene rings is 2. The number of hydrogen-bond donors (Lipinski definition) is 0. The number of hydrogen-bond acceptors (Lipinski definition) is 4. The number of ketones is 1. The standard InChI is InChI=1S/C20H20O4/c1-22-17-11-8-15(9-12-17)19(21)7-5-4-6-16-10-13-18(23-2)14-20(16)24-3/h4-14H,1-3H3/b6-4+,7-5+. The SMILES string of the molecule is COc1ccc(C(=O)/C=C/C=C/c2ccc(OC)cc2OC)cc1. The van der Waals surface area contributed by atoms with Crippen LogP contribution in [0, 0.1) is 0 Å². The molecule has 0 N–H and O–H groups in total. The lowest BCUT2D eigenvalue weighted by atomic mass is 10.1. The second-order valence-electron chi connectivity index (χ2n) is 4.92. The Labute approximate surface area is 142 Å². The van der Waals surface area contributed by atoms with Crippen LogP contribution >= 0.6 is 0 Å². The van der Waals surface area contributed by atoms with Crippen molar-refractivity contribution in [3.05, 3.63) is 71.8 Å². The van der Waals surface area contributed by atoms with Crippen LogP contribution in [0.1, 0.15) is 15.9 Å². The van der Waals surface area contributed by atoms with Gasteiger partial charge in [-0.15, -0.1) is 0 Å². The molecule has 0 bridgehead atoms. The summed E-state index contributed by atoms with van der Waals surface area (Å²) in [6.07, 6.45) is 6.90. The molecule has 0 unspecified atom stereocenters. The van der Waals surface area contributed by atoms with Gasteiger partial charge < -0.3 is 14.2 Å². The van der Waals surface area contributed by atoms with Crippen molar-refractivity contribution in [3.63, 3.8) is 0 Å². The number of ether oxygens (including phenoxy) is 3. The molecule has 0 aliphatic heterocycles. The molecule has 0 aliphatic rings. The van der Waals surface area contributed by atoms with Gasteiger partial charge in [-0.2, -0.15) is 0 Å². The summed E-state index contributed by atoms with van der Waals surface area (Å²) in [5.74, 6) is 2.10. The van der Waals surface area contributed by atoms with E-state index in [1.165, 1.54) is 6.08 Å². The third-order valence-electron chi connectivity index (χ3n) is 3.45. The summed E-state index contributed by atoms with van der Waals surface area (Å²) >= 11 is 0. The molecule has 0 heterocycles. The summed E-state index contributed by atoms with van der Waals surface area (Å²) in [7, 11) is 4.81. The highest BCUT2D eigenvalue weighted by atomic mass is 16.5. The molecule has 0 saturated carbocycles. The summed E-state index contributed by atoms with van der Waals surface area (Å²) in [5.41, 5.74) is 1.52. The number of carbonyl (C=O) groups is 1. The predicted octanol–water partition coefficient (Wildman–Crippen LogP) is 4.16. The van der Waals surface area contributed by atoms with E-state index in [9.17, 15) is 4.79 Å². The van der Waals surface area contributed by atoms with Gasteiger partial charge in [-0.05, 0) is 42.5 Å². The second-order valence-corrected chi connectivity index (χ2v) is 4.92. The first-order valence-electron chi connectivity index (χ1n) is 7.43. The molecule has 124 valence electrons. The van der Waals surface area contributed by atoms with E-state index in [0.717, 1.165) is 17.1 Å². The lowest BCUT2D eigenvalue weighted by molar-refractivity contribution is 0.104. The minimum atomic E-state index is -0.0657. The quantitative estimate of drug-likeness (QED) is 0.436.